The monoisotopic (exact) mass is 275 g/mol. The number of carboxylic acids is 1. The van der Waals surface area contributed by atoms with Crippen molar-refractivity contribution in [1.29, 1.82) is 0 Å². The summed E-state index contributed by atoms with van der Waals surface area (Å²) in [6, 6.07) is 7.78. The van der Waals surface area contributed by atoms with Gasteiger partial charge in [0.15, 0.2) is 0 Å². The van der Waals surface area contributed by atoms with Gasteiger partial charge < -0.3 is 10.8 Å². The molecule has 0 radical (unpaired) electrons. The molecule has 1 aromatic carbocycles. The molecule has 3 nitrogen and oxygen atoms in total. The summed E-state index contributed by atoms with van der Waals surface area (Å²) in [4.78, 5) is 11.6. The van der Waals surface area contributed by atoms with Crippen molar-refractivity contribution in [1.82, 2.24) is 0 Å². The summed E-state index contributed by atoms with van der Waals surface area (Å²) < 4.78 is 0. The summed E-state index contributed by atoms with van der Waals surface area (Å²) in [7, 11) is 0. The number of aryl methyl sites for hydroxylation is 2. The lowest BCUT2D eigenvalue weighted by Gasteiger charge is -2.08. The summed E-state index contributed by atoms with van der Waals surface area (Å²) in [5.41, 5.74) is 10.7. The van der Waals surface area contributed by atoms with Crippen LogP contribution in [0.5, 0.6) is 0 Å². The number of hydrogen-bond donors (Lipinski definition) is 2. The first-order valence-electron chi connectivity index (χ1n) is 6.11. The zero-order chi connectivity index (χ0) is 14.0. The third-order valence-corrected chi connectivity index (χ3v) is 4.21. The van der Waals surface area contributed by atoms with Gasteiger partial charge in [-0.3, -0.25) is 4.79 Å². The quantitative estimate of drug-likeness (QED) is 0.897. The molecule has 3 N–H and O–H groups in total. The zero-order valence-electron chi connectivity index (χ0n) is 11.0. The van der Waals surface area contributed by atoms with Gasteiger partial charge in [-0.1, -0.05) is 18.2 Å². The number of carboxylic acid groups (broad SMARTS) is 1. The number of hydrogen-bond acceptors (Lipinski definition) is 3. The third-order valence-electron chi connectivity index (χ3n) is 3.15. The van der Waals surface area contributed by atoms with Gasteiger partial charge in [0, 0.05) is 10.9 Å². The lowest BCUT2D eigenvalue weighted by Crippen LogP contribution is -2.13. The number of benzene rings is 1. The number of carbonyl (C=O) groups is 1. The predicted molar refractivity (Wildman–Crippen MR) is 78.4 cm³/mol. The number of nitrogens with two attached hydrogens (primary N) is 1. The minimum absolute atomic E-state index is 0.0350. The first-order valence-corrected chi connectivity index (χ1v) is 6.99. The van der Waals surface area contributed by atoms with Gasteiger partial charge in [-0.15, -0.1) is 11.3 Å². The van der Waals surface area contributed by atoms with E-state index in [9.17, 15) is 4.79 Å². The molecule has 2 aromatic rings. The molecule has 0 aliphatic heterocycles. The molecule has 0 saturated heterocycles. The predicted octanol–water partition coefficient (Wildman–Crippen LogP) is 3.51. The molecule has 1 aromatic heterocycles. The average molecular weight is 275 g/mol. The van der Waals surface area contributed by atoms with E-state index in [2.05, 4.69) is 26.0 Å². The minimum atomic E-state index is -0.866. The molecule has 0 bridgehead atoms. The Labute approximate surface area is 116 Å². The SMILES string of the molecule is Cc1cccc(C)c1-c1csc(C(N)CC(=O)O)c1. The Bertz CT molecular complexity index is 584. The summed E-state index contributed by atoms with van der Waals surface area (Å²) >= 11 is 1.52. The van der Waals surface area contributed by atoms with E-state index >= 15 is 0 Å². The lowest BCUT2D eigenvalue weighted by molar-refractivity contribution is -0.137. The normalized spacial score (nSPS) is 12.4. The maximum atomic E-state index is 10.7. The Morgan fingerprint density at radius 1 is 1.37 bits per heavy atom. The number of rotatable bonds is 4. The molecule has 100 valence electrons. The summed E-state index contributed by atoms with van der Waals surface area (Å²) in [5.74, 6) is -0.866. The van der Waals surface area contributed by atoms with Crippen LogP contribution in [0.15, 0.2) is 29.6 Å². The first kappa shape index (κ1) is 13.8. The Morgan fingerprint density at radius 2 is 2.00 bits per heavy atom. The molecule has 4 heteroatoms. The fourth-order valence-corrected chi connectivity index (χ4v) is 3.14. The number of aliphatic carboxylic acids is 1. The summed E-state index contributed by atoms with van der Waals surface area (Å²) in [6.07, 6.45) is -0.0350. The van der Waals surface area contributed by atoms with Crippen LogP contribution in [0.3, 0.4) is 0 Å². The zero-order valence-corrected chi connectivity index (χ0v) is 11.8. The van der Waals surface area contributed by atoms with Crippen LogP contribution in [0, 0.1) is 13.8 Å². The second kappa shape index (κ2) is 5.55. The average Bonchev–Trinajstić information content (AvgIpc) is 2.77. The first-order chi connectivity index (χ1) is 8.99. The van der Waals surface area contributed by atoms with Crippen LogP contribution >= 0.6 is 11.3 Å². The van der Waals surface area contributed by atoms with Crippen molar-refractivity contribution >= 4 is 17.3 Å². The molecule has 0 fully saturated rings. The molecule has 19 heavy (non-hydrogen) atoms. The van der Waals surface area contributed by atoms with Gasteiger partial charge in [0.05, 0.1) is 6.42 Å². The molecule has 1 atom stereocenters. The summed E-state index contributed by atoms with van der Waals surface area (Å²) in [6.45, 7) is 4.16. The topological polar surface area (TPSA) is 63.3 Å². The van der Waals surface area contributed by atoms with E-state index in [1.165, 1.54) is 28.0 Å². The van der Waals surface area contributed by atoms with E-state index in [4.69, 9.17) is 10.8 Å². The van der Waals surface area contributed by atoms with Crippen LogP contribution in [-0.2, 0) is 4.79 Å². The van der Waals surface area contributed by atoms with Crippen LogP contribution in [0.2, 0.25) is 0 Å². The molecule has 0 spiro atoms. The van der Waals surface area contributed by atoms with Crippen LogP contribution < -0.4 is 5.73 Å². The highest BCUT2D eigenvalue weighted by Gasteiger charge is 2.14. The highest BCUT2D eigenvalue weighted by Crippen LogP contribution is 2.33. The largest absolute Gasteiger partial charge is 0.481 e. The Morgan fingerprint density at radius 3 is 2.58 bits per heavy atom. The highest BCUT2D eigenvalue weighted by atomic mass is 32.1. The molecule has 0 aliphatic carbocycles. The van der Waals surface area contributed by atoms with Gasteiger partial charge in [0.25, 0.3) is 0 Å². The molecule has 0 aliphatic rings. The standard InChI is InChI=1S/C15H17NO2S/c1-9-4-3-5-10(2)15(9)11-6-13(19-8-11)12(16)7-14(17)18/h3-6,8,12H,7,16H2,1-2H3,(H,17,18). The Kier molecular flexibility index (Phi) is 4.02. The van der Waals surface area contributed by atoms with Crippen molar-refractivity contribution in [2.75, 3.05) is 0 Å². The Balaban J connectivity index is 2.33. The maximum absolute atomic E-state index is 10.7. The van der Waals surface area contributed by atoms with E-state index < -0.39 is 12.0 Å². The van der Waals surface area contributed by atoms with Crippen LogP contribution in [0.4, 0.5) is 0 Å². The van der Waals surface area contributed by atoms with Crippen molar-refractivity contribution in [3.63, 3.8) is 0 Å². The summed E-state index contributed by atoms with van der Waals surface area (Å²) in [5, 5.41) is 10.8. The molecule has 2 rings (SSSR count). The van der Waals surface area contributed by atoms with E-state index in [0.717, 1.165) is 10.4 Å². The van der Waals surface area contributed by atoms with Crippen LogP contribution in [0.25, 0.3) is 11.1 Å². The van der Waals surface area contributed by atoms with Crippen LogP contribution in [-0.4, -0.2) is 11.1 Å². The molecule has 1 unspecified atom stereocenters. The molecule has 1 heterocycles. The van der Waals surface area contributed by atoms with Crippen molar-refractivity contribution in [2.24, 2.45) is 5.73 Å². The van der Waals surface area contributed by atoms with E-state index in [0.29, 0.717) is 0 Å². The van der Waals surface area contributed by atoms with Gasteiger partial charge in [0.2, 0.25) is 0 Å². The van der Waals surface area contributed by atoms with Crippen molar-refractivity contribution < 1.29 is 9.90 Å². The van der Waals surface area contributed by atoms with Gasteiger partial charge in [0.1, 0.15) is 0 Å². The van der Waals surface area contributed by atoms with Crippen molar-refractivity contribution in [2.45, 2.75) is 26.3 Å². The smallest absolute Gasteiger partial charge is 0.305 e. The second-order valence-corrected chi connectivity index (χ2v) is 5.65. The number of thiophene rings is 1. The van der Waals surface area contributed by atoms with Gasteiger partial charge in [-0.05, 0) is 47.5 Å². The van der Waals surface area contributed by atoms with Gasteiger partial charge >= 0.3 is 5.97 Å². The van der Waals surface area contributed by atoms with Crippen molar-refractivity contribution in [3.8, 4) is 11.1 Å². The fourth-order valence-electron chi connectivity index (χ4n) is 2.24. The highest BCUT2D eigenvalue weighted by molar-refractivity contribution is 7.10. The van der Waals surface area contributed by atoms with Crippen molar-refractivity contribution in [3.05, 3.63) is 45.6 Å². The lowest BCUT2D eigenvalue weighted by atomic mass is 9.97. The minimum Gasteiger partial charge on any atom is -0.481 e. The molecule has 0 saturated carbocycles. The van der Waals surface area contributed by atoms with Gasteiger partial charge in [-0.2, -0.15) is 0 Å². The van der Waals surface area contributed by atoms with E-state index in [1.54, 1.807) is 0 Å². The fraction of sp³-hybridized carbons (Fsp3) is 0.267. The molecular weight excluding hydrogens is 258 g/mol. The van der Waals surface area contributed by atoms with E-state index in [1.807, 2.05) is 17.5 Å². The molecular formula is C15H17NO2S. The maximum Gasteiger partial charge on any atom is 0.305 e. The van der Waals surface area contributed by atoms with Gasteiger partial charge in [-0.25, -0.2) is 0 Å². The third kappa shape index (κ3) is 3.03. The van der Waals surface area contributed by atoms with Crippen LogP contribution in [0.1, 0.15) is 28.5 Å². The molecule has 0 amide bonds. The second-order valence-electron chi connectivity index (χ2n) is 4.71. The Hall–Kier alpha value is -1.65. The van der Waals surface area contributed by atoms with E-state index in [-0.39, 0.29) is 6.42 Å².